The van der Waals surface area contributed by atoms with Gasteiger partial charge in [0.25, 0.3) is 0 Å². The molecule has 4 aliphatic rings. The summed E-state index contributed by atoms with van der Waals surface area (Å²) >= 11 is 4.22. The first-order chi connectivity index (χ1) is 13.7. The first kappa shape index (κ1) is 20.1. The van der Waals surface area contributed by atoms with Crippen molar-refractivity contribution in [3.8, 4) is 11.5 Å². The summed E-state index contributed by atoms with van der Waals surface area (Å²) in [6.07, 6.45) is 3.80. The molecule has 29 heavy (non-hydrogen) atoms. The number of hydrogen-bond acceptors (Lipinski definition) is 5. The maximum absolute atomic E-state index is 12.6. The summed E-state index contributed by atoms with van der Waals surface area (Å²) in [5, 5.41) is 0. The summed E-state index contributed by atoms with van der Waals surface area (Å²) in [5.41, 5.74) is 0.548. The zero-order chi connectivity index (χ0) is 20.7. The molecule has 1 aromatic carbocycles. The molecule has 4 saturated carbocycles. The van der Waals surface area contributed by atoms with Crippen LogP contribution in [0.1, 0.15) is 33.1 Å². The van der Waals surface area contributed by atoms with Gasteiger partial charge in [-0.1, -0.05) is 6.58 Å². The molecule has 0 saturated heterocycles. The van der Waals surface area contributed by atoms with Crippen molar-refractivity contribution in [2.24, 2.45) is 29.1 Å². The van der Waals surface area contributed by atoms with Crippen LogP contribution in [0.15, 0.2) is 24.3 Å². The van der Waals surface area contributed by atoms with Gasteiger partial charge in [-0.25, -0.2) is 9.59 Å². The molecule has 0 aromatic heterocycles. The molecule has 7 heteroatoms. The third-order valence-corrected chi connectivity index (χ3v) is 9.15. The van der Waals surface area contributed by atoms with E-state index in [-0.39, 0.29) is 18.2 Å². The lowest BCUT2D eigenvalue weighted by atomic mass is 9.47. The van der Waals surface area contributed by atoms with E-state index in [9.17, 15) is 9.59 Å². The molecule has 6 unspecified atom stereocenters. The molecule has 0 N–H and O–H groups in total. The third-order valence-electron chi connectivity index (χ3n) is 7.55. The quantitative estimate of drug-likeness (QED) is 0.199. The molecule has 5 nitrogen and oxygen atoms in total. The Hall–Kier alpha value is -0.840. The number of hydrogen-bond donors (Lipinski definition) is 0. The van der Waals surface area contributed by atoms with E-state index in [0.29, 0.717) is 34.3 Å². The highest BCUT2D eigenvalue weighted by atomic mass is 127. The summed E-state index contributed by atoms with van der Waals surface area (Å²) in [7, 11) is 0. The number of esters is 2. The van der Waals surface area contributed by atoms with Crippen LogP contribution in [-0.2, 0) is 14.3 Å². The summed E-state index contributed by atoms with van der Waals surface area (Å²) in [6, 6.07) is 3.42. The Morgan fingerprint density at radius 3 is 2.52 bits per heavy atom. The number of benzene rings is 1. The second-order valence-electron chi connectivity index (χ2n) is 9.15. The zero-order valence-electron chi connectivity index (χ0n) is 16.3. The van der Waals surface area contributed by atoms with Crippen molar-refractivity contribution in [1.29, 1.82) is 0 Å². The second kappa shape index (κ2) is 6.58. The predicted molar refractivity (Wildman–Crippen MR) is 123 cm³/mol. The monoisotopic (exact) mass is 620 g/mol. The topological polar surface area (TPSA) is 61.8 Å². The third kappa shape index (κ3) is 2.89. The van der Waals surface area contributed by atoms with Gasteiger partial charge in [0.1, 0.15) is 17.1 Å². The van der Waals surface area contributed by atoms with Crippen molar-refractivity contribution in [1.82, 2.24) is 0 Å². The lowest BCUT2D eigenvalue weighted by Crippen LogP contribution is -2.55. The smallest absolute Gasteiger partial charge is 0.344 e. The van der Waals surface area contributed by atoms with Gasteiger partial charge in [0.15, 0.2) is 6.61 Å². The van der Waals surface area contributed by atoms with Crippen LogP contribution in [0.3, 0.4) is 0 Å². The molecule has 4 aliphatic carbocycles. The maximum Gasteiger partial charge on any atom is 0.344 e. The van der Waals surface area contributed by atoms with Gasteiger partial charge in [-0.2, -0.15) is 0 Å². The van der Waals surface area contributed by atoms with Gasteiger partial charge in [0.2, 0.25) is 0 Å². The maximum atomic E-state index is 12.6. The van der Waals surface area contributed by atoms with Crippen LogP contribution >= 0.6 is 45.2 Å². The summed E-state index contributed by atoms with van der Waals surface area (Å²) in [6.45, 7) is 7.21. The Morgan fingerprint density at radius 1 is 1.24 bits per heavy atom. The Morgan fingerprint density at radius 2 is 1.93 bits per heavy atom. The van der Waals surface area contributed by atoms with Crippen LogP contribution in [-0.4, -0.2) is 24.1 Å². The number of halogens is 2. The van der Waals surface area contributed by atoms with Crippen molar-refractivity contribution < 1.29 is 23.8 Å². The first-order valence-corrected chi connectivity index (χ1v) is 12.0. The summed E-state index contributed by atoms with van der Waals surface area (Å²) < 4.78 is 18.7. The lowest BCUT2D eigenvalue weighted by Gasteiger charge is -2.58. The van der Waals surface area contributed by atoms with E-state index in [0.717, 1.165) is 19.0 Å². The highest BCUT2D eigenvalue weighted by Crippen LogP contribution is 2.88. The molecular formula is C22H22I2O5. The normalized spacial score (nSPS) is 37.4. The molecule has 0 aliphatic heterocycles. The Labute approximate surface area is 197 Å². The van der Waals surface area contributed by atoms with E-state index in [2.05, 4.69) is 58.7 Å². The minimum absolute atomic E-state index is 0.118. The number of carbonyl (C=O) groups is 2. The van der Waals surface area contributed by atoms with Crippen molar-refractivity contribution in [2.45, 2.75) is 38.7 Å². The molecule has 0 radical (unpaired) electrons. The van der Waals surface area contributed by atoms with Gasteiger partial charge in [-0.15, -0.1) is 0 Å². The van der Waals surface area contributed by atoms with Crippen molar-refractivity contribution in [3.63, 3.8) is 0 Å². The van der Waals surface area contributed by atoms with Crippen LogP contribution in [0, 0.1) is 36.2 Å². The van der Waals surface area contributed by atoms with Gasteiger partial charge >= 0.3 is 11.9 Å². The van der Waals surface area contributed by atoms with Crippen molar-refractivity contribution >= 4 is 57.1 Å². The SMILES string of the molecule is C=C(C)C(=O)Oc1cc(I)c(OCC(=O)OC2(C)C3CC4CC5(CC52)C43)c(I)c1. The Bertz CT molecular complexity index is 930. The van der Waals surface area contributed by atoms with Gasteiger partial charge in [0, 0.05) is 17.4 Å². The minimum Gasteiger partial charge on any atom is -0.480 e. The molecule has 0 amide bonds. The Balaban J connectivity index is 1.22. The van der Waals surface area contributed by atoms with Crippen LogP contribution in [0.4, 0.5) is 0 Å². The molecular weight excluding hydrogens is 598 g/mol. The molecule has 5 rings (SSSR count). The molecule has 0 bridgehead atoms. The molecule has 154 valence electrons. The lowest BCUT2D eigenvalue weighted by molar-refractivity contribution is -0.182. The summed E-state index contributed by atoms with van der Waals surface area (Å²) in [4.78, 5) is 24.3. The molecule has 4 fully saturated rings. The van der Waals surface area contributed by atoms with Crippen molar-refractivity contribution in [3.05, 3.63) is 31.4 Å². The van der Waals surface area contributed by atoms with E-state index in [4.69, 9.17) is 14.2 Å². The molecule has 1 spiro atoms. The van der Waals surface area contributed by atoms with Crippen molar-refractivity contribution in [2.75, 3.05) is 6.61 Å². The molecule has 0 heterocycles. The van der Waals surface area contributed by atoms with Crippen LogP contribution in [0.25, 0.3) is 0 Å². The standard InChI is InChI=1S/C22H22I2O5/c1-10(2)20(26)28-12-5-14(23)19(15(24)6-12)27-9-17(25)29-21(3)13-4-11-7-22(18(11)13)8-16(21)22/h5-6,11,13,16,18H,1,4,7-9H2,2-3H3. The average Bonchev–Trinajstić information content (AvgIpc) is 3.33. The fraction of sp³-hybridized carbons (Fsp3) is 0.545. The number of ether oxygens (including phenoxy) is 3. The second-order valence-corrected chi connectivity index (χ2v) is 11.5. The fourth-order valence-corrected chi connectivity index (χ4v) is 8.34. The van der Waals surface area contributed by atoms with Gasteiger partial charge < -0.3 is 14.2 Å². The highest BCUT2D eigenvalue weighted by molar-refractivity contribution is 14.1. The molecule has 6 atom stereocenters. The van der Waals surface area contributed by atoms with Gasteiger partial charge in [-0.05, 0) is 108 Å². The fourth-order valence-electron chi connectivity index (χ4n) is 6.31. The predicted octanol–water partition coefficient (Wildman–Crippen LogP) is 4.73. The van der Waals surface area contributed by atoms with Gasteiger partial charge in [0.05, 0.1) is 7.14 Å². The minimum atomic E-state index is -0.469. The average molecular weight is 620 g/mol. The van der Waals surface area contributed by atoms with Crippen LogP contribution in [0.5, 0.6) is 11.5 Å². The van der Waals surface area contributed by atoms with E-state index in [1.165, 1.54) is 19.3 Å². The van der Waals surface area contributed by atoms with Crippen LogP contribution in [0.2, 0.25) is 0 Å². The van der Waals surface area contributed by atoms with E-state index in [1.807, 2.05) is 0 Å². The highest BCUT2D eigenvalue weighted by Gasteiger charge is 2.86. The van der Waals surface area contributed by atoms with Gasteiger partial charge in [-0.3, -0.25) is 0 Å². The van der Waals surface area contributed by atoms with E-state index >= 15 is 0 Å². The largest absolute Gasteiger partial charge is 0.480 e. The van der Waals surface area contributed by atoms with Crippen LogP contribution < -0.4 is 9.47 Å². The van der Waals surface area contributed by atoms with E-state index < -0.39 is 5.97 Å². The number of carbonyl (C=O) groups excluding carboxylic acids is 2. The molecule has 1 aromatic rings. The summed E-state index contributed by atoms with van der Waals surface area (Å²) in [5.74, 6) is 3.05. The first-order valence-electron chi connectivity index (χ1n) is 9.87. The van der Waals surface area contributed by atoms with E-state index in [1.54, 1.807) is 19.1 Å². The number of rotatable bonds is 6. The Kier molecular flexibility index (Phi) is 4.56. The zero-order valence-corrected chi connectivity index (χ0v) is 20.6.